The van der Waals surface area contributed by atoms with Crippen molar-refractivity contribution in [3.8, 4) is 23.0 Å². The maximum atomic E-state index is 14.0. The van der Waals surface area contributed by atoms with Crippen molar-refractivity contribution in [3.63, 3.8) is 0 Å². The molecule has 1 aliphatic heterocycles. The smallest absolute Gasteiger partial charge is 0.338 e. The van der Waals surface area contributed by atoms with E-state index in [1.54, 1.807) is 50.4 Å². The second-order valence-corrected chi connectivity index (χ2v) is 10.4. The zero-order valence-corrected chi connectivity index (χ0v) is 24.6. The average Bonchev–Trinajstić information content (AvgIpc) is 3.23. The molecule has 0 saturated heterocycles. The number of methoxy groups -OCH3 is 3. The SMILES string of the molecule is CCCC1=C(C(=O)OCC)[C@@H](c2cc(OC)ccc2OC)n2c(s/c(=C\c3cc(Br)c(O)c(OC)c3)c2=O)=N1. The summed E-state index contributed by atoms with van der Waals surface area (Å²) < 4.78 is 24.2. The minimum absolute atomic E-state index is 0.0375. The van der Waals surface area contributed by atoms with E-state index in [1.807, 2.05) is 6.92 Å². The molecule has 0 amide bonds. The molecule has 3 aromatic rings. The van der Waals surface area contributed by atoms with E-state index in [0.717, 1.165) is 6.42 Å². The number of carbonyl (C=O) groups is 1. The summed E-state index contributed by atoms with van der Waals surface area (Å²) in [7, 11) is 4.53. The van der Waals surface area contributed by atoms with E-state index in [4.69, 9.17) is 23.9 Å². The monoisotopic (exact) mass is 616 g/mol. The maximum Gasteiger partial charge on any atom is 0.338 e. The number of nitrogens with zero attached hydrogens (tertiary/aromatic N) is 2. The summed E-state index contributed by atoms with van der Waals surface area (Å²) in [6, 6.07) is 7.72. The van der Waals surface area contributed by atoms with Crippen molar-refractivity contribution in [1.82, 2.24) is 4.57 Å². The van der Waals surface area contributed by atoms with Crippen molar-refractivity contribution in [2.75, 3.05) is 27.9 Å². The Kier molecular flexibility index (Phi) is 8.81. The number of benzene rings is 2. The lowest BCUT2D eigenvalue weighted by molar-refractivity contribution is -0.139. The lowest BCUT2D eigenvalue weighted by Crippen LogP contribution is -2.40. The van der Waals surface area contributed by atoms with Gasteiger partial charge in [0.05, 0.1) is 48.2 Å². The fourth-order valence-corrected chi connectivity index (χ4v) is 5.93. The quantitative estimate of drug-likeness (QED) is 0.361. The lowest BCUT2D eigenvalue weighted by atomic mass is 9.93. The number of phenols is 1. The van der Waals surface area contributed by atoms with Gasteiger partial charge in [-0.2, -0.15) is 0 Å². The van der Waals surface area contributed by atoms with Gasteiger partial charge in [-0.1, -0.05) is 24.7 Å². The molecule has 4 rings (SSSR count). The van der Waals surface area contributed by atoms with Crippen LogP contribution in [0.25, 0.3) is 6.08 Å². The van der Waals surface area contributed by atoms with Gasteiger partial charge in [0.25, 0.3) is 5.56 Å². The van der Waals surface area contributed by atoms with Crippen LogP contribution < -0.4 is 29.1 Å². The maximum absolute atomic E-state index is 14.0. The van der Waals surface area contributed by atoms with Crippen LogP contribution in [0.2, 0.25) is 0 Å². The van der Waals surface area contributed by atoms with Gasteiger partial charge in [0.15, 0.2) is 16.3 Å². The number of carbonyl (C=O) groups excluding carboxylic acids is 1. The van der Waals surface area contributed by atoms with Crippen LogP contribution in [0.4, 0.5) is 0 Å². The molecular weight excluding hydrogens is 588 g/mol. The van der Waals surface area contributed by atoms with Crippen molar-refractivity contribution in [2.24, 2.45) is 4.99 Å². The topological polar surface area (TPSA) is 109 Å². The van der Waals surface area contributed by atoms with E-state index in [1.165, 1.54) is 30.1 Å². The number of allylic oxidation sites excluding steroid dienone is 1. The molecule has 1 aromatic heterocycles. The molecule has 11 heteroatoms. The fraction of sp³-hybridized carbons (Fsp3) is 0.321. The second kappa shape index (κ2) is 12.1. The Hall–Kier alpha value is -3.57. The molecule has 0 bridgehead atoms. The number of phenolic OH excluding ortho intramolecular Hbond substituents is 1. The van der Waals surface area contributed by atoms with Gasteiger partial charge >= 0.3 is 5.97 Å². The van der Waals surface area contributed by atoms with Gasteiger partial charge in [0.2, 0.25) is 0 Å². The highest BCUT2D eigenvalue weighted by atomic mass is 79.9. The van der Waals surface area contributed by atoms with Crippen LogP contribution in [-0.4, -0.2) is 43.6 Å². The zero-order valence-electron chi connectivity index (χ0n) is 22.2. The van der Waals surface area contributed by atoms with Crippen LogP contribution in [-0.2, 0) is 9.53 Å². The molecule has 39 heavy (non-hydrogen) atoms. The van der Waals surface area contributed by atoms with E-state index in [-0.39, 0.29) is 23.7 Å². The molecule has 9 nitrogen and oxygen atoms in total. The summed E-state index contributed by atoms with van der Waals surface area (Å²) in [5, 5.41) is 10.2. The summed E-state index contributed by atoms with van der Waals surface area (Å²) in [5.41, 5.74) is 1.72. The first-order chi connectivity index (χ1) is 18.8. The van der Waals surface area contributed by atoms with Crippen molar-refractivity contribution in [2.45, 2.75) is 32.7 Å². The highest BCUT2D eigenvalue weighted by molar-refractivity contribution is 9.10. The van der Waals surface area contributed by atoms with Gasteiger partial charge in [0.1, 0.15) is 17.5 Å². The average molecular weight is 618 g/mol. The molecule has 0 radical (unpaired) electrons. The number of rotatable bonds is 9. The van der Waals surface area contributed by atoms with Crippen molar-refractivity contribution < 1.29 is 28.8 Å². The molecule has 206 valence electrons. The summed E-state index contributed by atoms with van der Waals surface area (Å²) in [6.07, 6.45) is 2.95. The molecular formula is C28H29BrN2O7S. The predicted octanol–water partition coefficient (Wildman–Crippen LogP) is 4.07. The number of fused-ring (bicyclic) bond motifs is 1. The van der Waals surface area contributed by atoms with E-state index in [2.05, 4.69) is 15.9 Å². The second-order valence-electron chi connectivity index (χ2n) is 8.58. The number of hydrogen-bond acceptors (Lipinski definition) is 9. The number of thiazole rings is 1. The number of aromatic hydroxyl groups is 1. The van der Waals surface area contributed by atoms with Crippen LogP contribution in [0.15, 0.2) is 55.9 Å². The Labute approximate surface area is 237 Å². The number of esters is 1. The van der Waals surface area contributed by atoms with Crippen LogP contribution in [0.3, 0.4) is 0 Å². The Balaban J connectivity index is 2.06. The van der Waals surface area contributed by atoms with Gasteiger partial charge < -0.3 is 24.1 Å². The van der Waals surface area contributed by atoms with Gasteiger partial charge in [0, 0.05) is 5.56 Å². The Morgan fingerprint density at radius 2 is 1.87 bits per heavy atom. The lowest BCUT2D eigenvalue weighted by Gasteiger charge is -2.27. The Morgan fingerprint density at radius 1 is 1.13 bits per heavy atom. The van der Waals surface area contributed by atoms with Crippen molar-refractivity contribution in [3.05, 3.63) is 76.9 Å². The molecule has 0 spiro atoms. The Bertz CT molecular complexity index is 1620. The first kappa shape index (κ1) is 28.4. The molecule has 0 fully saturated rings. The molecule has 1 atom stereocenters. The number of ether oxygens (including phenoxy) is 4. The molecule has 0 saturated carbocycles. The highest BCUT2D eigenvalue weighted by Gasteiger charge is 2.36. The number of halogens is 1. The summed E-state index contributed by atoms with van der Waals surface area (Å²) in [4.78, 5) is 32.6. The van der Waals surface area contributed by atoms with E-state index >= 15 is 0 Å². The zero-order chi connectivity index (χ0) is 28.3. The van der Waals surface area contributed by atoms with E-state index < -0.39 is 12.0 Å². The fourth-order valence-electron chi connectivity index (χ4n) is 4.45. The van der Waals surface area contributed by atoms with Gasteiger partial charge in [-0.15, -0.1) is 0 Å². The molecule has 1 aliphatic rings. The van der Waals surface area contributed by atoms with Gasteiger partial charge in [-0.3, -0.25) is 9.36 Å². The third kappa shape index (κ3) is 5.46. The third-order valence-electron chi connectivity index (χ3n) is 6.19. The van der Waals surface area contributed by atoms with Crippen LogP contribution >= 0.6 is 27.3 Å². The third-order valence-corrected chi connectivity index (χ3v) is 7.78. The van der Waals surface area contributed by atoms with Crippen LogP contribution in [0.1, 0.15) is 43.9 Å². The first-order valence-corrected chi connectivity index (χ1v) is 13.9. The minimum atomic E-state index is -0.852. The minimum Gasteiger partial charge on any atom is -0.503 e. The first-order valence-electron chi connectivity index (χ1n) is 12.3. The summed E-state index contributed by atoms with van der Waals surface area (Å²) in [5.74, 6) is 0.719. The van der Waals surface area contributed by atoms with Crippen molar-refractivity contribution >= 4 is 39.3 Å². The summed E-state index contributed by atoms with van der Waals surface area (Å²) >= 11 is 4.54. The standard InChI is InChI=1S/C28H29BrN2O7S/c1-6-8-19-23(27(34)38-7-2)24(17-14-16(35-3)9-10-20(17)36-4)31-26(33)22(39-28(31)30-19)13-15-11-18(29)25(32)21(12-15)37-5/h9-14,24,32H,6-8H2,1-5H3/b22-13-/t24-/m1/s1. The predicted molar refractivity (Wildman–Crippen MR) is 152 cm³/mol. The van der Waals surface area contributed by atoms with Crippen LogP contribution in [0.5, 0.6) is 23.0 Å². The van der Waals surface area contributed by atoms with Crippen molar-refractivity contribution in [1.29, 1.82) is 0 Å². The molecule has 1 N–H and O–H groups in total. The summed E-state index contributed by atoms with van der Waals surface area (Å²) in [6.45, 7) is 3.90. The van der Waals surface area contributed by atoms with Crippen LogP contribution in [0, 0.1) is 0 Å². The number of hydrogen-bond donors (Lipinski definition) is 1. The van der Waals surface area contributed by atoms with E-state index in [0.29, 0.717) is 54.1 Å². The Morgan fingerprint density at radius 3 is 2.51 bits per heavy atom. The molecule has 2 heterocycles. The normalized spacial score (nSPS) is 15.0. The number of aromatic nitrogens is 1. The largest absolute Gasteiger partial charge is 0.503 e. The van der Waals surface area contributed by atoms with Gasteiger partial charge in [-0.05, 0) is 71.2 Å². The molecule has 2 aromatic carbocycles. The molecule has 0 unspecified atom stereocenters. The highest BCUT2D eigenvalue weighted by Crippen LogP contribution is 2.39. The molecule has 0 aliphatic carbocycles. The van der Waals surface area contributed by atoms with Gasteiger partial charge in [-0.25, -0.2) is 9.79 Å². The van der Waals surface area contributed by atoms with E-state index in [9.17, 15) is 14.7 Å².